The van der Waals surface area contributed by atoms with Crippen molar-refractivity contribution in [2.45, 2.75) is 39.0 Å². The lowest BCUT2D eigenvalue weighted by Crippen LogP contribution is -2.04. The van der Waals surface area contributed by atoms with E-state index < -0.39 is 0 Å². The lowest BCUT2D eigenvalue weighted by atomic mass is 10.0. The van der Waals surface area contributed by atoms with Crippen LogP contribution >= 0.6 is 11.6 Å². The van der Waals surface area contributed by atoms with Gasteiger partial charge in [0.1, 0.15) is 5.75 Å². The first kappa shape index (κ1) is 13.7. The van der Waals surface area contributed by atoms with E-state index in [0.29, 0.717) is 0 Å². The van der Waals surface area contributed by atoms with E-state index in [0.717, 1.165) is 49.1 Å². The topological polar surface area (TPSA) is 35.2 Å². The molecule has 1 saturated carbocycles. The quantitative estimate of drug-likeness (QED) is 0.764. The fourth-order valence-corrected chi connectivity index (χ4v) is 2.44. The summed E-state index contributed by atoms with van der Waals surface area (Å²) in [6.45, 7) is 3.63. The van der Waals surface area contributed by atoms with Crippen molar-refractivity contribution in [3.63, 3.8) is 0 Å². The van der Waals surface area contributed by atoms with Gasteiger partial charge in [-0.1, -0.05) is 17.7 Å². The maximum atomic E-state index is 6.30. The summed E-state index contributed by atoms with van der Waals surface area (Å²) in [4.78, 5) is 0. The van der Waals surface area contributed by atoms with Crippen LogP contribution in [0.1, 0.15) is 36.8 Å². The molecule has 2 rings (SSSR count). The van der Waals surface area contributed by atoms with Crippen LogP contribution in [-0.4, -0.2) is 13.2 Å². The van der Waals surface area contributed by atoms with Crippen LogP contribution in [-0.2, 0) is 6.42 Å². The second kappa shape index (κ2) is 6.44. The molecule has 0 bridgehead atoms. The molecule has 0 atom stereocenters. The lowest BCUT2D eigenvalue weighted by molar-refractivity contribution is 0.296. The lowest BCUT2D eigenvalue weighted by Gasteiger charge is -2.14. The number of nitrogens with two attached hydrogens (primary N) is 1. The summed E-state index contributed by atoms with van der Waals surface area (Å²) in [5.41, 5.74) is 7.97. The Morgan fingerprint density at radius 1 is 1.33 bits per heavy atom. The van der Waals surface area contributed by atoms with Gasteiger partial charge in [-0.2, -0.15) is 0 Å². The molecule has 2 N–H and O–H groups in total. The fourth-order valence-electron chi connectivity index (χ4n) is 2.09. The Bertz CT molecular complexity index is 402. The Kier molecular flexibility index (Phi) is 4.90. The molecule has 0 amide bonds. The Morgan fingerprint density at radius 3 is 2.78 bits per heavy atom. The average molecular weight is 268 g/mol. The van der Waals surface area contributed by atoms with Crippen molar-refractivity contribution < 1.29 is 4.74 Å². The Labute approximate surface area is 114 Å². The van der Waals surface area contributed by atoms with Crippen LogP contribution in [0.3, 0.4) is 0 Å². The molecule has 2 nitrogen and oxygen atoms in total. The molecule has 0 aliphatic heterocycles. The molecule has 0 aromatic heterocycles. The van der Waals surface area contributed by atoms with Crippen LogP contribution in [0.25, 0.3) is 0 Å². The second-order valence-corrected chi connectivity index (χ2v) is 5.64. The summed E-state index contributed by atoms with van der Waals surface area (Å²) < 4.78 is 5.91. The Morgan fingerprint density at radius 2 is 2.11 bits per heavy atom. The number of aryl methyl sites for hydroxylation is 2. The van der Waals surface area contributed by atoms with Gasteiger partial charge < -0.3 is 10.5 Å². The van der Waals surface area contributed by atoms with Gasteiger partial charge in [-0.25, -0.2) is 0 Å². The van der Waals surface area contributed by atoms with Crippen molar-refractivity contribution in [2.75, 3.05) is 13.2 Å². The minimum absolute atomic E-state index is 0.748. The standard InChI is InChI=1S/C15H22ClNO/c1-11-8-13(4-2-3-7-17)15(14(16)9-11)18-10-12-5-6-12/h8-9,12H,2-7,10,17H2,1H3. The molecule has 18 heavy (non-hydrogen) atoms. The van der Waals surface area contributed by atoms with Gasteiger partial charge in [0.05, 0.1) is 11.6 Å². The highest BCUT2D eigenvalue weighted by Gasteiger charge is 2.23. The second-order valence-electron chi connectivity index (χ2n) is 5.24. The van der Waals surface area contributed by atoms with Gasteiger partial charge in [-0.05, 0) is 68.7 Å². The molecular weight excluding hydrogens is 246 g/mol. The van der Waals surface area contributed by atoms with E-state index in [9.17, 15) is 0 Å². The summed E-state index contributed by atoms with van der Waals surface area (Å²) in [7, 11) is 0. The van der Waals surface area contributed by atoms with E-state index in [1.165, 1.54) is 24.0 Å². The summed E-state index contributed by atoms with van der Waals surface area (Å²) in [6, 6.07) is 4.17. The first-order chi connectivity index (χ1) is 8.70. The van der Waals surface area contributed by atoms with E-state index in [1.54, 1.807) is 0 Å². The summed E-state index contributed by atoms with van der Waals surface area (Å²) in [5, 5.41) is 0.749. The largest absolute Gasteiger partial charge is 0.491 e. The third-order valence-corrected chi connectivity index (χ3v) is 3.61. The highest BCUT2D eigenvalue weighted by Crippen LogP contribution is 2.35. The molecule has 0 heterocycles. The van der Waals surface area contributed by atoms with Crippen LogP contribution in [0.15, 0.2) is 12.1 Å². The van der Waals surface area contributed by atoms with Gasteiger partial charge in [-0.3, -0.25) is 0 Å². The third-order valence-electron chi connectivity index (χ3n) is 3.33. The Balaban J connectivity index is 2.06. The van der Waals surface area contributed by atoms with Crippen molar-refractivity contribution >= 4 is 11.6 Å². The van der Waals surface area contributed by atoms with Crippen LogP contribution in [0.2, 0.25) is 5.02 Å². The number of hydrogen-bond acceptors (Lipinski definition) is 2. The number of unbranched alkanes of at least 4 members (excludes halogenated alkanes) is 1. The van der Waals surface area contributed by atoms with E-state index in [-0.39, 0.29) is 0 Å². The minimum atomic E-state index is 0.748. The zero-order valence-corrected chi connectivity index (χ0v) is 11.8. The highest BCUT2D eigenvalue weighted by molar-refractivity contribution is 6.32. The zero-order chi connectivity index (χ0) is 13.0. The zero-order valence-electron chi connectivity index (χ0n) is 11.0. The maximum absolute atomic E-state index is 6.30. The SMILES string of the molecule is Cc1cc(Cl)c(OCC2CC2)c(CCCCN)c1. The summed E-state index contributed by atoms with van der Waals surface area (Å²) >= 11 is 6.30. The molecule has 0 radical (unpaired) electrons. The molecular formula is C15H22ClNO. The van der Waals surface area contributed by atoms with Gasteiger partial charge in [0, 0.05) is 0 Å². The maximum Gasteiger partial charge on any atom is 0.141 e. The third kappa shape index (κ3) is 3.89. The molecule has 1 aliphatic rings. The molecule has 0 unspecified atom stereocenters. The van der Waals surface area contributed by atoms with Gasteiger partial charge >= 0.3 is 0 Å². The summed E-state index contributed by atoms with van der Waals surface area (Å²) in [5.74, 6) is 1.64. The first-order valence-electron chi connectivity index (χ1n) is 6.82. The number of rotatable bonds is 7. The number of hydrogen-bond donors (Lipinski definition) is 1. The van der Waals surface area contributed by atoms with Gasteiger partial charge in [0.2, 0.25) is 0 Å². The van der Waals surface area contributed by atoms with Crippen molar-refractivity contribution in [1.29, 1.82) is 0 Å². The van der Waals surface area contributed by atoms with E-state index in [2.05, 4.69) is 13.0 Å². The van der Waals surface area contributed by atoms with Crippen molar-refractivity contribution in [3.05, 3.63) is 28.3 Å². The first-order valence-corrected chi connectivity index (χ1v) is 7.20. The van der Waals surface area contributed by atoms with E-state index >= 15 is 0 Å². The molecule has 0 saturated heterocycles. The van der Waals surface area contributed by atoms with Crippen LogP contribution in [0.4, 0.5) is 0 Å². The number of halogens is 1. The molecule has 1 aromatic carbocycles. The fraction of sp³-hybridized carbons (Fsp3) is 0.600. The monoisotopic (exact) mass is 267 g/mol. The highest BCUT2D eigenvalue weighted by atomic mass is 35.5. The predicted molar refractivity (Wildman–Crippen MR) is 76.4 cm³/mol. The molecule has 1 fully saturated rings. The van der Waals surface area contributed by atoms with Crippen LogP contribution in [0, 0.1) is 12.8 Å². The smallest absolute Gasteiger partial charge is 0.141 e. The molecule has 0 spiro atoms. The van der Waals surface area contributed by atoms with Gasteiger partial charge in [0.25, 0.3) is 0 Å². The average Bonchev–Trinajstić information content (AvgIpc) is 3.12. The van der Waals surface area contributed by atoms with Crippen molar-refractivity contribution in [3.8, 4) is 5.75 Å². The number of benzene rings is 1. The van der Waals surface area contributed by atoms with E-state index in [1.807, 2.05) is 6.07 Å². The van der Waals surface area contributed by atoms with Gasteiger partial charge in [0.15, 0.2) is 0 Å². The summed E-state index contributed by atoms with van der Waals surface area (Å²) in [6.07, 6.45) is 5.74. The molecule has 1 aliphatic carbocycles. The van der Waals surface area contributed by atoms with Crippen LogP contribution < -0.4 is 10.5 Å². The normalized spacial score (nSPS) is 14.8. The van der Waals surface area contributed by atoms with E-state index in [4.69, 9.17) is 22.1 Å². The van der Waals surface area contributed by atoms with Gasteiger partial charge in [-0.15, -0.1) is 0 Å². The Hall–Kier alpha value is -0.730. The van der Waals surface area contributed by atoms with Crippen molar-refractivity contribution in [2.24, 2.45) is 11.7 Å². The minimum Gasteiger partial charge on any atom is -0.491 e. The predicted octanol–water partition coefficient (Wildman–Crippen LogP) is 3.72. The van der Waals surface area contributed by atoms with Crippen molar-refractivity contribution in [1.82, 2.24) is 0 Å². The molecule has 3 heteroatoms. The van der Waals surface area contributed by atoms with Crippen LogP contribution in [0.5, 0.6) is 5.75 Å². The molecule has 1 aromatic rings. The number of ether oxygens (including phenoxy) is 1. The molecule has 100 valence electrons.